The normalized spacial score (nSPS) is 10.1. The fourth-order valence-electron chi connectivity index (χ4n) is 1.56. The average Bonchev–Trinajstić information content (AvgIpc) is 2.94. The molecule has 2 amide bonds. The van der Waals surface area contributed by atoms with E-state index in [1.165, 1.54) is 24.3 Å². The second-order valence-electron chi connectivity index (χ2n) is 4.10. The molecule has 0 aliphatic carbocycles. The number of anilines is 1. The third kappa shape index (κ3) is 4.17. The molecule has 0 spiro atoms. The van der Waals surface area contributed by atoms with E-state index < -0.39 is 17.6 Å². The van der Waals surface area contributed by atoms with Crippen molar-refractivity contribution >= 4 is 28.8 Å². The Labute approximate surface area is 119 Å². The summed E-state index contributed by atoms with van der Waals surface area (Å²) in [5.74, 6) is -1.87. The van der Waals surface area contributed by atoms with Gasteiger partial charge >= 0.3 is 11.8 Å². The molecular formula is C14H13FN2O2S. The van der Waals surface area contributed by atoms with Crippen LogP contribution in [0, 0.1) is 5.82 Å². The number of hydrogen-bond acceptors (Lipinski definition) is 3. The first-order valence-corrected chi connectivity index (χ1v) is 6.95. The van der Waals surface area contributed by atoms with Crippen molar-refractivity contribution in [2.45, 2.75) is 6.42 Å². The van der Waals surface area contributed by atoms with E-state index in [0.29, 0.717) is 18.7 Å². The van der Waals surface area contributed by atoms with Crippen LogP contribution in [0.4, 0.5) is 10.1 Å². The summed E-state index contributed by atoms with van der Waals surface area (Å²) in [5, 5.41) is 8.88. The van der Waals surface area contributed by atoms with Crippen LogP contribution in [0.3, 0.4) is 0 Å². The Morgan fingerprint density at radius 2 is 1.85 bits per heavy atom. The Bertz CT molecular complexity index is 582. The highest BCUT2D eigenvalue weighted by atomic mass is 32.1. The van der Waals surface area contributed by atoms with Gasteiger partial charge in [-0.1, -0.05) is 0 Å². The first-order valence-electron chi connectivity index (χ1n) is 6.01. The first-order chi connectivity index (χ1) is 9.65. The van der Waals surface area contributed by atoms with Crippen molar-refractivity contribution in [3.05, 3.63) is 52.5 Å². The zero-order valence-electron chi connectivity index (χ0n) is 10.6. The molecule has 0 radical (unpaired) electrons. The van der Waals surface area contributed by atoms with Crippen LogP contribution in [0.5, 0.6) is 0 Å². The van der Waals surface area contributed by atoms with Crippen molar-refractivity contribution < 1.29 is 14.0 Å². The van der Waals surface area contributed by atoms with Gasteiger partial charge in [-0.15, -0.1) is 0 Å². The Balaban J connectivity index is 1.77. The lowest BCUT2D eigenvalue weighted by Crippen LogP contribution is -2.36. The number of amides is 2. The molecule has 2 aromatic rings. The molecule has 104 valence electrons. The molecule has 2 rings (SSSR count). The van der Waals surface area contributed by atoms with Crippen LogP contribution in [0.25, 0.3) is 0 Å². The van der Waals surface area contributed by atoms with Crippen LogP contribution in [0.1, 0.15) is 5.56 Å². The molecule has 1 heterocycles. The zero-order chi connectivity index (χ0) is 14.4. The molecule has 20 heavy (non-hydrogen) atoms. The standard InChI is InChI=1S/C14H13FN2O2S/c15-11-1-3-12(4-2-11)17-14(19)13(18)16-7-5-10-6-8-20-9-10/h1-4,6,8-9H,5,7H2,(H,16,18)(H,17,19). The van der Waals surface area contributed by atoms with Gasteiger partial charge < -0.3 is 10.6 Å². The monoisotopic (exact) mass is 292 g/mol. The molecule has 0 saturated heterocycles. The molecule has 4 nitrogen and oxygen atoms in total. The third-order valence-electron chi connectivity index (χ3n) is 2.59. The van der Waals surface area contributed by atoms with Gasteiger partial charge in [0.05, 0.1) is 0 Å². The maximum Gasteiger partial charge on any atom is 0.313 e. The summed E-state index contributed by atoms with van der Waals surface area (Å²) in [6, 6.07) is 7.18. The van der Waals surface area contributed by atoms with E-state index in [1.807, 2.05) is 16.8 Å². The topological polar surface area (TPSA) is 58.2 Å². The maximum absolute atomic E-state index is 12.7. The number of rotatable bonds is 4. The fraction of sp³-hybridized carbons (Fsp3) is 0.143. The summed E-state index contributed by atoms with van der Waals surface area (Å²) in [5.41, 5.74) is 1.50. The van der Waals surface area contributed by atoms with E-state index in [0.717, 1.165) is 5.56 Å². The maximum atomic E-state index is 12.7. The summed E-state index contributed by atoms with van der Waals surface area (Å²) in [7, 11) is 0. The predicted octanol–water partition coefficient (Wildman–Crippen LogP) is 2.18. The van der Waals surface area contributed by atoms with E-state index in [1.54, 1.807) is 11.3 Å². The van der Waals surface area contributed by atoms with E-state index in [9.17, 15) is 14.0 Å². The number of thiophene rings is 1. The van der Waals surface area contributed by atoms with Crippen LogP contribution in [0.2, 0.25) is 0 Å². The number of benzene rings is 1. The summed E-state index contributed by atoms with van der Waals surface area (Å²) >= 11 is 1.59. The molecule has 0 bridgehead atoms. The van der Waals surface area contributed by atoms with E-state index in [-0.39, 0.29) is 0 Å². The summed E-state index contributed by atoms with van der Waals surface area (Å²) in [6.45, 7) is 0.395. The van der Waals surface area contributed by atoms with E-state index in [2.05, 4.69) is 10.6 Å². The van der Waals surface area contributed by atoms with E-state index >= 15 is 0 Å². The number of nitrogens with one attached hydrogen (secondary N) is 2. The van der Waals surface area contributed by atoms with Crippen LogP contribution in [-0.2, 0) is 16.0 Å². The number of carbonyl (C=O) groups is 2. The highest BCUT2D eigenvalue weighted by Crippen LogP contribution is 2.08. The molecular weight excluding hydrogens is 279 g/mol. The molecule has 6 heteroatoms. The quantitative estimate of drug-likeness (QED) is 0.849. The largest absolute Gasteiger partial charge is 0.347 e. The van der Waals surface area contributed by atoms with E-state index in [4.69, 9.17) is 0 Å². The van der Waals surface area contributed by atoms with Gasteiger partial charge in [0, 0.05) is 12.2 Å². The molecule has 0 aliphatic rings. The molecule has 0 fully saturated rings. The number of halogens is 1. The second kappa shape index (κ2) is 6.81. The highest BCUT2D eigenvalue weighted by Gasteiger charge is 2.12. The SMILES string of the molecule is O=C(NCCc1ccsc1)C(=O)Nc1ccc(F)cc1. The van der Waals surface area contributed by atoms with Crippen LogP contribution in [-0.4, -0.2) is 18.4 Å². The number of carbonyl (C=O) groups excluding carboxylic acids is 2. The minimum absolute atomic E-state index is 0.379. The predicted molar refractivity (Wildman–Crippen MR) is 76.1 cm³/mol. The van der Waals surface area contributed by atoms with Gasteiger partial charge in [-0.05, 0) is 53.1 Å². The van der Waals surface area contributed by atoms with Crippen molar-refractivity contribution in [3.63, 3.8) is 0 Å². The minimum Gasteiger partial charge on any atom is -0.347 e. The molecule has 0 atom stereocenters. The Morgan fingerprint density at radius 3 is 2.50 bits per heavy atom. The highest BCUT2D eigenvalue weighted by molar-refractivity contribution is 7.07. The summed E-state index contributed by atoms with van der Waals surface area (Å²) in [6.07, 6.45) is 0.680. The molecule has 1 aromatic heterocycles. The fourth-order valence-corrected chi connectivity index (χ4v) is 2.26. The first kappa shape index (κ1) is 14.2. The number of hydrogen-bond donors (Lipinski definition) is 2. The van der Waals surface area contributed by atoms with Crippen molar-refractivity contribution in [2.75, 3.05) is 11.9 Å². The Hall–Kier alpha value is -2.21. The Kier molecular flexibility index (Phi) is 4.84. The lowest BCUT2D eigenvalue weighted by molar-refractivity contribution is -0.136. The van der Waals surface area contributed by atoms with Gasteiger partial charge in [0.2, 0.25) is 0 Å². The van der Waals surface area contributed by atoms with Gasteiger partial charge in [0.15, 0.2) is 0 Å². The summed E-state index contributed by atoms with van der Waals surface area (Å²) in [4.78, 5) is 23.1. The molecule has 0 aliphatic heterocycles. The van der Waals surface area contributed by atoms with Crippen molar-refractivity contribution in [2.24, 2.45) is 0 Å². The van der Waals surface area contributed by atoms with Crippen molar-refractivity contribution in [1.82, 2.24) is 5.32 Å². The Morgan fingerprint density at radius 1 is 1.10 bits per heavy atom. The van der Waals surface area contributed by atoms with Crippen LogP contribution in [0.15, 0.2) is 41.1 Å². The summed E-state index contributed by atoms with van der Waals surface area (Å²) < 4.78 is 12.7. The second-order valence-corrected chi connectivity index (χ2v) is 4.88. The van der Waals surface area contributed by atoms with Crippen LogP contribution < -0.4 is 10.6 Å². The van der Waals surface area contributed by atoms with Crippen molar-refractivity contribution in [1.29, 1.82) is 0 Å². The van der Waals surface area contributed by atoms with Gasteiger partial charge in [-0.3, -0.25) is 9.59 Å². The molecule has 0 saturated carbocycles. The van der Waals surface area contributed by atoms with Gasteiger partial charge in [-0.2, -0.15) is 11.3 Å². The molecule has 0 unspecified atom stereocenters. The van der Waals surface area contributed by atoms with Gasteiger partial charge in [0.1, 0.15) is 5.82 Å². The lowest BCUT2D eigenvalue weighted by Gasteiger charge is -2.06. The third-order valence-corrected chi connectivity index (χ3v) is 3.32. The molecule has 2 N–H and O–H groups in total. The zero-order valence-corrected chi connectivity index (χ0v) is 11.4. The van der Waals surface area contributed by atoms with Crippen LogP contribution >= 0.6 is 11.3 Å². The lowest BCUT2D eigenvalue weighted by atomic mass is 10.2. The smallest absolute Gasteiger partial charge is 0.313 e. The van der Waals surface area contributed by atoms with Crippen molar-refractivity contribution in [3.8, 4) is 0 Å². The van der Waals surface area contributed by atoms with Gasteiger partial charge in [-0.25, -0.2) is 4.39 Å². The molecule has 1 aromatic carbocycles. The van der Waals surface area contributed by atoms with Gasteiger partial charge in [0.25, 0.3) is 0 Å². The minimum atomic E-state index is -0.762. The average molecular weight is 292 g/mol.